The minimum atomic E-state index is -0.582. The SMILES string of the molecule is C=C(C)c1cccc(C(C)(C)NC(=O)Nc2ccc3c(c2)NC(=O)CO3)c1. The smallest absolute Gasteiger partial charge is 0.319 e. The largest absolute Gasteiger partial charge is 0.482 e. The molecule has 2 aromatic carbocycles. The molecule has 3 amide bonds. The Kier molecular flexibility index (Phi) is 4.90. The Morgan fingerprint density at radius 1 is 1.22 bits per heavy atom. The average Bonchev–Trinajstić information content (AvgIpc) is 2.61. The van der Waals surface area contributed by atoms with E-state index in [0.29, 0.717) is 17.1 Å². The molecule has 2 aromatic rings. The first-order valence-corrected chi connectivity index (χ1v) is 8.67. The topological polar surface area (TPSA) is 79.5 Å². The van der Waals surface area contributed by atoms with Crippen LogP contribution in [-0.4, -0.2) is 18.5 Å². The highest BCUT2D eigenvalue weighted by Gasteiger charge is 2.24. The van der Waals surface area contributed by atoms with Gasteiger partial charge in [-0.2, -0.15) is 0 Å². The van der Waals surface area contributed by atoms with Gasteiger partial charge in [0.05, 0.1) is 11.2 Å². The fraction of sp³-hybridized carbons (Fsp3) is 0.238. The number of hydrogen-bond acceptors (Lipinski definition) is 3. The number of carbonyl (C=O) groups is 2. The zero-order valence-corrected chi connectivity index (χ0v) is 15.7. The van der Waals surface area contributed by atoms with Gasteiger partial charge in [-0.15, -0.1) is 0 Å². The third-order valence-corrected chi connectivity index (χ3v) is 4.37. The van der Waals surface area contributed by atoms with Crippen molar-refractivity contribution in [2.24, 2.45) is 0 Å². The van der Waals surface area contributed by atoms with Crippen LogP contribution in [-0.2, 0) is 10.3 Å². The van der Waals surface area contributed by atoms with E-state index in [0.717, 1.165) is 16.7 Å². The number of carbonyl (C=O) groups excluding carboxylic acids is 2. The summed E-state index contributed by atoms with van der Waals surface area (Å²) in [5.74, 6) is 0.361. The van der Waals surface area contributed by atoms with Crippen LogP contribution in [0.5, 0.6) is 5.75 Å². The molecule has 6 heteroatoms. The highest BCUT2D eigenvalue weighted by Crippen LogP contribution is 2.30. The molecule has 0 aromatic heterocycles. The maximum Gasteiger partial charge on any atom is 0.319 e. The number of anilines is 2. The Morgan fingerprint density at radius 2 is 2.00 bits per heavy atom. The first kappa shape index (κ1) is 18.5. The number of allylic oxidation sites excluding steroid dienone is 1. The van der Waals surface area contributed by atoms with Crippen LogP contribution in [0.3, 0.4) is 0 Å². The summed E-state index contributed by atoms with van der Waals surface area (Å²) in [4.78, 5) is 23.9. The van der Waals surface area contributed by atoms with Gasteiger partial charge in [-0.1, -0.05) is 30.4 Å². The summed E-state index contributed by atoms with van der Waals surface area (Å²) in [5, 5.41) is 8.49. The number of urea groups is 1. The van der Waals surface area contributed by atoms with E-state index in [2.05, 4.69) is 22.5 Å². The number of fused-ring (bicyclic) bond motifs is 1. The number of ether oxygens (including phenoxy) is 1. The summed E-state index contributed by atoms with van der Waals surface area (Å²) < 4.78 is 5.32. The van der Waals surface area contributed by atoms with Gasteiger partial charge >= 0.3 is 6.03 Å². The average molecular weight is 365 g/mol. The molecule has 0 fully saturated rings. The first-order chi connectivity index (χ1) is 12.7. The van der Waals surface area contributed by atoms with Crippen LogP contribution in [0.25, 0.3) is 5.57 Å². The molecule has 0 unspecified atom stereocenters. The van der Waals surface area contributed by atoms with Gasteiger partial charge in [-0.05, 0) is 56.2 Å². The molecule has 0 spiro atoms. The lowest BCUT2D eigenvalue weighted by atomic mass is 9.92. The van der Waals surface area contributed by atoms with Crippen molar-refractivity contribution < 1.29 is 14.3 Å². The lowest BCUT2D eigenvalue weighted by molar-refractivity contribution is -0.118. The van der Waals surface area contributed by atoms with Crippen LogP contribution in [0.15, 0.2) is 49.0 Å². The molecule has 3 rings (SSSR count). The monoisotopic (exact) mass is 365 g/mol. The molecular formula is C21H23N3O3. The van der Waals surface area contributed by atoms with Crippen molar-refractivity contribution in [1.82, 2.24) is 5.32 Å². The third-order valence-electron chi connectivity index (χ3n) is 4.37. The molecule has 1 aliphatic heterocycles. The summed E-state index contributed by atoms with van der Waals surface area (Å²) in [6.07, 6.45) is 0. The van der Waals surface area contributed by atoms with Crippen molar-refractivity contribution in [3.8, 4) is 5.75 Å². The van der Waals surface area contributed by atoms with Gasteiger partial charge in [-0.3, -0.25) is 4.79 Å². The maximum absolute atomic E-state index is 12.5. The second kappa shape index (κ2) is 7.15. The lowest BCUT2D eigenvalue weighted by Crippen LogP contribution is -2.43. The maximum atomic E-state index is 12.5. The van der Waals surface area contributed by atoms with Gasteiger partial charge in [0.2, 0.25) is 0 Å². The molecule has 1 aliphatic rings. The van der Waals surface area contributed by atoms with Crippen molar-refractivity contribution in [2.75, 3.05) is 17.2 Å². The predicted molar refractivity (Wildman–Crippen MR) is 107 cm³/mol. The summed E-state index contributed by atoms with van der Waals surface area (Å²) in [5.41, 5.74) is 3.50. The molecule has 0 saturated carbocycles. The van der Waals surface area contributed by atoms with E-state index in [1.807, 2.05) is 45.0 Å². The number of benzene rings is 2. The second-order valence-corrected chi connectivity index (χ2v) is 7.11. The Morgan fingerprint density at radius 3 is 2.74 bits per heavy atom. The molecule has 27 heavy (non-hydrogen) atoms. The van der Waals surface area contributed by atoms with E-state index in [1.165, 1.54) is 0 Å². The number of hydrogen-bond donors (Lipinski definition) is 3. The van der Waals surface area contributed by atoms with Gasteiger partial charge in [-0.25, -0.2) is 4.79 Å². The number of amides is 3. The van der Waals surface area contributed by atoms with Crippen LogP contribution in [0, 0.1) is 0 Å². The predicted octanol–water partition coefficient (Wildman–Crippen LogP) is 4.11. The highest BCUT2D eigenvalue weighted by molar-refractivity contribution is 5.97. The van der Waals surface area contributed by atoms with Gasteiger partial charge in [0, 0.05) is 5.69 Å². The zero-order valence-electron chi connectivity index (χ0n) is 15.7. The summed E-state index contributed by atoms with van der Waals surface area (Å²) in [7, 11) is 0. The fourth-order valence-electron chi connectivity index (χ4n) is 2.85. The second-order valence-electron chi connectivity index (χ2n) is 7.11. The molecule has 0 atom stereocenters. The van der Waals surface area contributed by atoms with E-state index >= 15 is 0 Å². The first-order valence-electron chi connectivity index (χ1n) is 8.67. The van der Waals surface area contributed by atoms with Gasteiger partial charge in [0.25, 0.3) is 5.91 Å². The Balaban J connectivity index is 1.71. The van der Waals surface area contributed by atoms with Crippen molar-refractivity contribution in [3.63, 3.8) is 0 Å². The highest BCUT2D eigenvalue weighted by atomic mass is 16.5. The third kappa shape index (κ3) is 4.28. The van der Waals surface area contributed by atoms with Crippen molar-refractivity contribution in [1.29, 1.82) is 0 Å². The van der Waals surface area contributed by atoms with E-state index in [-0.39, 0.29) is 18.5 Å². The summed E-state index contributed by atoms with van der Waals surface area (Å²) >= 11 is 0. The summed E-state index contributed by atoms with van der Waals surface area (Å²) in [6, 6.07) is 12.7. The molecule has 0 aliphatic carbocycles. The molecule has 0 radical (unpaired) electrons. The molecule has 3 N–H and O–H groups in total. The van der Waals surface area contributed by atoms with Crippen LogP contribution in [0.1, 0.15) is 31.9 Å². The molecule has 0 saturated heterocycles. The molecular weight excluding hydrogens is 342 g/mol. The van der Waals surface area contributed by atoms with Crippen LogP contribution in [0.4, 0.5) is 16.2 Å². The van der Waals surface area contributed by atoms with Crippen molar-refractivity contribution in [3.05, 3.63) is 60.2 Å². The van der Waals surface area contributed by atoms with Crippen molar-refractivity contribution in [2.45, 2.75) is 26.3 Å². The van der Waals surface area contributed by atoms with Gasteiger partial charge in [0.15, 0.2) is 6.61 Å². The summed E-state index contributed by atoms with van der Waals surface area (Å²) in [6.45, 7) is 9.78. The quantitative estimate of drug-likeness (QED) is 0.763. The van der Waals surface area contributed by atoms with E-state index in [1.54, 1.807) is 18.2 Å². The van der Waals surface area contributed by atoms with Crippen molar-refractivity contribution >= 4 is 28.9 Å². The standard InChI is InChI=1S/C21H23N3O3/c1-13(2)14-6-5-7-15(10-14)21(3,4)24-20(26)22-16-8-9-18-17(11-16)23-19(25)12-27-18/h5-11H,1,12H2,2-4H3,(H,23,25)(H2,22,24,26). The minimum Gasteiger partial charge on any atom is -0.482 e. The van der Waals surface area contributed by atoms with Crippen LogP contribution < -0.4 is 20.7 Å². The van der Waals surface area contributed by atoms with E-state index in [9.17, 15) is 9.59 Å². The zero-order chi connectivity index (χ0) is 19.6. The van der Waals surface area contributed by atoms with Crippen LogP contribution >= 0.6 is 0 Å². The Hall–Kier alpha value is -3.28. The minimum absolute atomic E-state index is 0.00228. The van der Waals surface area contributed by atoms with E-state index < -0.39 is 5.54 Å². The van der Waals surface area contributed by atoms with Gasteiger partial charge < -0.3 is 20.7 Å². The fourth-order valence-corrected chi connectivity index (χ4v) is 2.85. The normalized spacial score (nSPS) is 13.1. The van der Waals surface area contributed by atoms with Crippen LogP contribution in [0.2, 0.25) is 0 Å². The number of nitrogens with one attached hydrogen (secondary N) is 3. The molecule has 1 heterocycles. The van der Waals surface area contributed by atoms with E-state index in [4.69, 9.17) is 4.74 Å². The Bertz CT molecular complexity index is 919. The Labute approximate surface area is 158 Å². The molecule has 0 bridgehead atoms. The number of rotatable bonds is 4. The van der Waals surface area contributed by atoms with Gasteiger partial charge in [0.1, 0.15) is 5.75 Å². The lowest BCUT2D eigenvalue weighted by Gasteiger charge is -2.28. The molecule has 6 nitrogen and oxygen atoms in total. The molecule has 140 valence electrons.